The number of nitrogens with one attached hydrogen (secondary N) is 1. The van der Waals surface area contributed by atoms with Crippen LogP contribution in [0.1, 0.15) is 23.3 Å². The smallest absolute Gasteiger partial charge is 0.273 e. The molecule has 4 rings (SSSR count). The SMILES string of the molecule is CN(CC1CCNC1)C(=O)c1cnc(N2C[C@@H]3C[C@@H](CN)[C@@H]3C2)cn1. The fraction of sp³-hybridized carbons (Fsp3) is 0.722. The first kappa shape index (κ1) is 16.7. The molecule has 7 nitrogen and oxygen atoms in total. The molecule has 0 bridgehead atoms. The average Bonchev–Trinajstić information content (AvgIpc) is 3.24. The fourth-order valence-electron chi connectivity index (χ4n) is 4.64. The second kappa shape index (κ2) is 6.88. The van der Waals surface area contributed by atoms with E-state index in [0.717, 1.165) is 57.4 Å². The molecule has 2 saturated heterocycles. The van der Waals surface area contributed by atoms with Crippen LogP contribution in [-0.4, -0.2) is 67.1 Å². The molecule has 1 amide bonds. The van der Waals surface area contributed by atoms with Gasteiger partial charge in [-0.05, 0) is 56.1 Å². The van der Waals surface area contributed by atoms with E-state index in [0.29, 0.717) is 23.4 Å². The van der Waals surface area contributed by atoms with E-state index in [1.54, 1.807) is 17.3 Å². The van der Waals surface area contributed by atoms with Gasteiger partial charge >= 0.3 is 0 Å². The number of anilines is 1. The molecule has 0 radical (unpaired) electrons. The normalized spacial score (nSPS) is 30.9. The fourth-order valence-corrected chi connectivity index (χ4v) is 4.64. The summed E-state index contributed by atoms with van der Waals surface area (Å²) in [6.45, 7) is 5.65. The van der Waals surface area contributed by atoms with Crippen molar-refractivity contribution in [2.45, 2.75) is 12.8 Å². The Bertz CT molecular complexity index is 614. The summed E-state index contributed by atoms with van der Waals surface area (Å²) in [4.78, 5) is 25.5. The first-order valence-electron chi connectivity index (χ1n) is 9.39. The van der Waals surface area contributed by atoms with Crippen molar-refractivity contribution in [2.75, 3.05) is 51.2 Å². The van der Waals surface area contributed by atoms with Crippen LogP contribution in [0.3, 0.4) is 0 Å². The van der Waals surface area contributed by atoms with E-state index in [1.807, 2.05) is 7.05 Å². The van der Waals surface area contributed by atoms with Gasteiger partial charge in [-0.1, -0.05) is 0 Å². The van der Waals surface area contributed by atoms with Crippen LogP contribution in [0.5, 0.6) is 0 Å². The van der Waals surface area contributed by atoms with Crippen molar-refractivity contribution < 1.29 is 4.79 Å². The van der Waals surface area contributed by atoms with E-state index in [4.69, 9.17) is 5.73 Å². The number of carbonyl (C=O) groups is 1. The van der Waals surface area contributed by atoms with E-state index < -0.39 is 0 Å². The van der Waals surface area contributed by atoms with Crippen LogP contribution in [0.25, 0.3) is 0 Å². The summed E-state index contributed by atoms with van der Waals surface area (Å²) < 4.78 is 0. The van der Waals surface area contributed by atoms with Crippen LogP contribution in [0, 0.1) is 23.7 Å². The molecule has 3 aliphatic rings. The molecule has 4 atom stereocenters. The van der Waals surface area contributed by atoms with Gasteiger partial charge in [0.15, 0.2) is 0 Å². The van der Waals surface area contributed by atoms with Crippen LogP contribution in [0.2, 0.25) is 0 Å². The van der Waals surface area contributed by atoms with Gasteiger partial charge in [0, 0.05) is 26.7 Å². The van der Waals surface area contributed by atoms with Crippen molar-refractivity contribution in [3.05, 3.63) is 18.1 Å². The molecule has 0 aromatic carbocycles. The van der Waals surface area contributed by atoms with Crippen LogP contribution in [-0.2, 0) is 0 Å². The Morgan fingerprint density at radius 1 is 1.40 bits per heavy atom. The number of nitrogens with zero attached hydrogens (tertiary/aromatic N) is 4. The molecular formula is C18H28N6O. The zero-order valence-electron chi connectivity index (χ0n) is 14.9. The lowest BCUT2D eigenvalue weighted by Crippen LogP contribution is -2.39. The molecule has 0 spiro atoms. The Balaban J connectivity index is 1.36. The molecule has 1 unspecified atom stereocenters. The molecule has 1 aromatic rings. The molecule has 25 heavy (non-hydrogen) atoms. The van der Waals surface area contributed by atoms with Gasteiger partial charge in [-0.2, -0.15) is 0 Å². The van der Waals surface area contributed by atoms with Gasteiger partial charge in [-0.3, -0.25) is 4.79 Å². The molecule has 136 valence electrons. The quantitative estimate of drug-likeness (QED) is 0.793. The Kier molecular flexibility index (Phi) is 4.60. The summed E-state index contributed by atoms with van der Waals surface area (Å²) in [5, 5.41) is 3.34. The molecule has 3 N–H and O–H groups in total. The topological polar surface area (TPSA) is 87.4 Å². The lowest BCUT2D eigenvalue weighted by atomic mass is 9.67. The molecule has 1 saturated carbocycles. The maximum absolute atomic E-state index is 12.5. The van der Waals surface area contributed by atoms with Crippen LogP contribution >= 0.6 is 0 Å². The number of fused-ring (bicyclic) bond motifs is 1. The molecule has 1 aliphatic carbocycles. The van der Waals surface area contributed by atoms with E-state index in [-0.39, 0.29) is 5.91 Å². The first-order valence-corrected chi connectivity index (χ1v) is 9.39. The van der Waals surface area contributed by atoms with E-state index >= 15 is 0 Å². The predicted octanol–water partition coefficient (Wildman–Crippen LogP) is 0.189. The van der Waals surface area contributed by atoms with Crippen LogP contribution in [0.15, 0.2) is 12.4 Å². The summed E-state index contributed by atoms with van der Waals surface area (Å²) in [7, 11) is 1.85. The predicted molar refractivity (Wildman–Crippen MR) is 96.3 cm³/mol. The third kappa shape index (κ3) is 3.22. The third-order valence-corrected chi connectivity index (χ3v) is 6.23. The summed E-state index contributed by atoms with van der Waals surface area (Å²) in [6.07, 6.45) is 5.74. The van der Waals surface area contributed by atoms with E-state index in [9.17, 15) is 4.79 Å². The van der Waals surface area contributed by atoms with Gasteiger partial charge in [0.1, 0.15) is 11.5 Å². The van der Waals surface area contributed by atoms with E-state index in [1.165, 1.54) is 6.42 Å². The molecule has 7 heteroatoms. The maximum Gasteiger partial charge on any atom is 0.273 e. The Morgan fingerprint density at radius 2 is 2.28 bits per heavy atom. The molecule has 3 heterocycles. The van der Waals surface area contributed by atoms with Crippen molar-refractivity contribution >= 4 is 11.7 Å². The maximum atomic E-state index is 12.5. The number of hydrogen-bond acceptors (Lipinski definition) is 6. The number of nitrogens with two attached hydrogens (primary N) is 1. The summed E-state index contributed by atoms with van der Waals surface area (Å²) >= 11 is 0. The van der Waals surface area contributed by atoms with Crippen molar-refractivity contribution in [2.24, 2.45) is 29.4 Å². The molecular weight excluding hydrogens is 316 g/mol. The van der Waals surface area contributed by atoms with Gasteiger partial charge in [0.25, 0.3) is 5.91 Å². The highest BCUT2D eigenvalue weighted by Crippen LogP contribution is 2.45. The second-order valence-electron chi connectivity index (χ2n) is 7.86. The van der Waals surface area contributed by atoms with Gasteiger partial charge in [0.2, 0.25) is 0 Å². The van der Waals surface area contributed by atoms with Crippen molar-refractivity contribution in [3.8, 4) is 0 Å². The van der Waals surface area contributed by atoms with Crippen molar-refractivity contribution in [3.63, 3.8) is 0 Å². The van der Waals surface area contributed by atoms with Gasteiger partial charge in [-0.25, -0.2) is 9.97 Å². The lowest BCUT2D eigenvalue weighted by Gasteiger charge is -2.38. The monoisotopic (exact) mass is 344 g/mol. The molecule has 2 aliphatic heterocycles. The molecule has 3 fully saturated rings. The number of aromatic nitrogens is 2. The van der Waals surface area contributed by atoms with E-state index in [2.05, 4.69) is 20.2 Å². The number of amides is 1. The van der Waals surface area contributed by atoms with Crippen LogP contribution < -0.4 is 16.0 Å². The zero-order chi connectivity index (χ0) is 17.4. The summed E-state index contributed by atoms with van der Waals surface area (Å²) in [6, 6.07) is 0. The minimum Gasteiger partial charge on any atom is -0.355 e. The third-order valence-electron chi connectivity index (χ3n) is 6.23. The Hall–Kier alpha value is -1.73. The largest absolute Gasteiger partial charge is 0.355 e. The Labute approximate surface area is 149 Å². The minimum atomic E-state index is -0.0457. The van der Waals surface area contributed by atoms with Gasteiger partial charge in [0.05, 0.1) is 12.4 Å². The van der Waals surface area contributed by atoms with Crippen LogP contribution in [0.4, 0.5) is 5.82 Å². The van der Waals surface area contributed by atoms with Crippen molar-refractivity contribution in [1.29, 1.82) is 0 Å². The number of carbonyl (C=O) groups excluding carboxylic acids is 1. The Morgan fingerprint density at radius 3 is 2.96 bits per heavy atom. The first-order chi connectivity index (χ1) is 12.2. The summed E-state index contributed by atoms with van der Waals surface area (Å²) in [5.41, 5.74) is 6.25. The zero-order valence-corrected chi connectivity index (χ0v) is 14.9. The highest BCUT2D eigenvalue weighted by Gasteiger charge is 2.46. The number of rotatable bonds is 5. The number of hydrogen-bond donors (Lipinski definition) is 2. The molecule has 1 aromatic heterocycles. The van der Waals surface area contributed by atoms with Gasteiger partial charge in [-0.15, -0.1) is 0 Å². The minimum absolute atomic E-state index is 0.0457. The highest BCUT2D eigenvalue weighted by molar-refractivity contribution is 5.91. The lowest BCUT2D eigenvalue weighted by molar-refractivity contribution is 0.0770. The van der Waals surface area contributed by atoms with Crippen molar-refractivity contribution in [1.82, 2.24) is 20.2 Å². The second-order valence-corrected chi connectivity index (χ2v) is 7.86. The average molecular weight is 344 g/mol. The highest BCUT2D eigenvalue weighted by atomic mass is 16.2. The van der Waals surface area contributed by atoms with Gasteiger partial charge < -0.3 is 20.9 Å². The standard InChI is InChI=1S/C18H28N6O/c1-23(9-12-2-3-20-6-12)18(25)16-7-22-17(8-21-16)24-10-14-4-13(5-19)15(14)11-24/h7-8,12-15,20H,2-6,9-11,19H2,1H3/t12?,13-,14-,15-/m0/s1. The summed E-state index contributed by atoms with van der Waals surface area (Å²) in [5.74, 6) is 3.50.